The number of ether oxygens (including phenoxy) is 1. The Morgan fingerprint density at radius 3 is 2.53 bits per heavy atom. The van der Waals surface area contributed by atoms with Gasteiger partial charge in [0.2, 0.25) is 0 Å². The summed E-state index contributed by atoms with van der Waals surface area (Å²) in [7, 11) is 1.58. The Hall–Kier alpha value is -0.970. The molecule has 1 rings (SSSR count). The van der Waals surface area contributed by atoms with Crippen LogP contribution in [0, 0.1) is 5.41 Å². The average molecular weight is 260 g/mol. The molecule has 0 saturated heterocycles. The van der Waals surface area contributed by atoms with E-state index in [0.29, 0.717) is 17.3 Å². The molecule has 4 nitrogen and oxygen atoms in total. The number of benzene rings is 1. The van der Waals surface area contributed by atoms with Gasteiger partial charge in [-0.05, 0) is 18.2 Å². The highest BCUT2D eigenvalue weighted by molar-refractivity contribution is 6.30. The number of anilines is 1. The highest BCUT2D eigenvalue weighted by atomic mass is 35.5. The molecular weight excluding hydrogens is 242 g/mol. The van der Waals surface area contributed by atoms with E-state index in [0.717, 1.165) is 5.69 Å². The van der Waals surface area contributed by atoms with E-state index in [9.17, 15) is 10.2 Å². The molecule has 0 heterocycles. The normalized spacial score (nSPS) is 11.4. The van der Waals surface area contributed by atoms with Crippen molar-refractivity contribution in [3.05, 3.63) is 23.2 Å². The lowest BCUT2D eigenvalue weighted by Gasteiger charge is -2.25. The number of halogens is 1. The zero-order valence-corrected chi connectivity index (χ0v) is 10.8. The zero-order chi connectivity index (χ0) is 12.9. The summed E-state index contributed by atoms with van der Waals surface area (Å²) in [6, 6.07) is 5.25. The zero-order valence-electron chi connectivity index (χ0n) is 10.0. The highest BCUT2D eigenvalue weighted by Gasteiger charge is 2.22. The lowest BCUT2D eigenvalue weighted by Crippen LogP contribution is -2.34. The molecule has 0 unspecified atom stereocenters. The molecule has 0 aliphatic heterocycles. The molecule has 0 atom stereocenters. The Morgan fingerprint density at radius 1 is 1.35 bits per heavy atom. The average Bonchev–Trinajstić information content (AvgIpc) is 2.36. The van der Waals surface area contributed by atoms with Gasteiger partial charge in [0.05, 0.1) is 26.0 Å². The fraction of sp³-hybridized carbons (Fsp3) is 0.500. The third kappa shape index (κ3) is 3.77. The lowest BCUT2D eigenvalue weighted by atomic mass is 9.93. The van der Waals surface area contributed by atoms with Crippen molar-refractivity contribution >= 4 is 17.3 Å². The van der Waals surface area contributed by atoms with Gasteiger partial charge >= 0.3 is 0 Å². The molecule has 0 aliphatic rings. The van der Waals surface area contributed by atoms with Crippen LogP contribution >= 0.6 is 11.6 Å². The molecule has 3 N–H and O–H groups in total. The Balaban J connectivity index is 2.77. The van der Waals surface area contributed by atoms with Crippen LogP contribution in [0.5, 0.6) is 5.75 Å². The Bertz CT molecular complexity index is 367. The smallest absolute Gasteiger partial charge is 0.142 e. The summed E-state index contributed by atoms with van der Waals surface area (Å²) in [6.45, 7) is 2.02. The van der Waals surface area contributed by atoms with E-state index < -0.39 is 5.41 Å². The predicted octanol–water partition coefficient (Wildman–Crippen LogP) is 1.75. The summed E-state index contributed by atoms with van der Waals surface area (Å²) in [5.74, 6) is 0.674. The minimum Gasteiger partial charge on any atom is -0.495 e. The van der Waals surface area contributed by atoms with Crippen LogP contribution in [0.15, 0.2) is 18.2 Å². The number of methoxy groups -OCH3 is 1. The molecule has 0 fully saturated rings. The van der Waals surface area contributed by atoms with Crippen molar-refractivity contribution in [3.63, 3.8) is 0 Å². The first-order valence-corrected chi connectivity index (χ1v) is 5.71. The minimum atomic E-state index is -0.576. The van der Waals surface area contributed by atoms with Gasteiger partial charge < -0.3 is 20.3 Å². The topological polar surface area (TPSA) is 61.7 Å². The summed E-state index contributed by atoms with van der Waals surface area (Å²) in [5, 5.41) is 22.1. The van der Waals surface area contributed by atoms with E-state index in [1.54, 1.807) is 32.2 Å². The Morgan fingerprint density at radius 2 is 2.00 bits per heavy atom. The number of aliphatic hydroxyl groups is 2. The van der Waals surface area contributed by atoms with Crippen LogP contribution in [-0.2, 0) is 0 Å². The van der Waals surface area contributed by atoms with Crippen LogP contribution in [-0.4, -0.2) is 37.1 Å². The van der Waals surface area contributed by atoms with Gasteiger partial charge in [-0.3, -0.25) is 0 Å². The van der Waals surface area contributed by atoms with Crippen LogP contribution in [0.3, 0.4) is 0 Å². The van der Waals surface area contributed by atoms with Gasteiger partial charge in [-0.2, -0.15) is 0 Å². The van der Waals surface area contributed by atoms with Gasteiger partial charge in [-0.1, -0.05) is 18.5 Å². The summed E-state index contributed by atoms with van der Waals surface area (Å²) >= 11 is 5.90. The second-order valence-corrected chi connectivity index (χ2v) is 4.76. The third-order valence-electron chi connectivity index (χ3n) is 2.63. The molecule has 96 valence electrons. The van der Waals surface area contributed by atoms with Crippen molar-refractivity contribution in [2.24, 2.45) is 5.41 Å². The van der Waals surface area contributed by atoms with Gasteiger partial charge in [-0.15, -0.1) is 0 Å². The second-order valence-electron chi connectivity index (χ2n) is 4.33. The van der Waals surface area contributed by atoms with Crippen LogP contribution in [0.25, 0.3) is 0 Å². The van der Waals surface area contributed by atoms with Crippen molar-refractivity contribution in [1.29, 1.82) is 0 Å². The Kier molecular flexibility index (Phi) is 5.05. The van der Waals surface area contributed by atoms with E-state index in [1.165, 1.54) is 0 Å². The molecule has 0 amide bonds. The van der Waals surface area contributed by atoms with Gasteiger partial charge in [0.15, 0.2) is 0 Å². The minimum absolute atomic E-state index is 0.0978. The molecule has 0 spiro atoms. The maximum absolute atomic E-state index is 9.19. The number of hydrogen-bond acceptors (Lipinski definition) is 4. The fourth-order valence-electron chi connectivity index (χ4n) is 1.29. The largest absolute Gasteiger partial charge is 0.495 e. The molecule has 0 radical (unpaired) electrons. The van der Waals surface area contributed by atoms with E-state index in [-0.39, 0.29) is 13.2 Å². The number of hydrogen-bond donors (Lipinski definition) is 3. The monoisotopic (exact) mass is 259 g/mol. The summed E-state index contributed by atoms with van der Waals surface area (Å²) < 4.78 is 5.19. The van der Waals surface area contributed by atoms with Gasteiger partial charge in [0.1, 0.15) is 5.75 Å². The number of nitrogens with one attached hydrogen (secondary N) is 1. The standard InChI is InChI=1S/C12H18ClNO3/c1-12(7-15,8-16)6-14-10-5-9(13)3-4-11(10)17-2/h3-5,14-16H,6-8H2,1-2H3. The van der Waals surface area contributed by atoms with Crippen molar-refractivity contribution in [3.8, 4) is 5.75 Å². The molecular formula is C12H18ClNO3. The van der Waals surface area contributed by atoms with Crippen LogP contribution in [0.1, 0.15) is 6.92 Å². The van der Waals surface area contributed by atoms with Gasteiger partial charge in [0, 0.05) is 17.0 Å². The van der Waals surface area contributed by atoms with Crippen molar-refractivity contribution in [2.45, 2.75) is 6.92 Å². The molecule has 1 aromatic rings. The first kappa shape index (κ1) is 14.1. The van der Waals surface area contributed by atoms with E-state index in [1.807, 2.05) is 0 Å². The van der Waals surface area contributed by atoms with Crippen LogP contribution in [0.4, 0.5) is 5.69 Å². The molecule has 1 aromatic carbocycles. The predicted molar refractivity (Wildman–Crippen MR) is 68.8 cm³/mol. The lowest BCUT2D eigenvalue weighted by molar-refractivity contribution is 0.0806. The molecule has 0 bridgehead atoms. The maximum Gasteiger partial charge on any atom is 0.142 e. The quantitative estimate of drug-likeness (QED) is 0.728. The molecule has 5 heteroatoms. The van der Waals surface area contributed by atoms with Crippen LogP contribution in [0.2, 0.25) is 5.02 Å². The van der Waals surface area contributed by atoms with Gasteiger partial charge in [0.25, 0.3) is 0 Å². The SMILES string of the molecule is COc1ccc(Cl)cc1NCC(C)(CO)CO. The van der Waals surface area contributed by atoms with Crippen molar-refractivity contribution < 1.29 is 14.9 Å². The first-order chi connectivity index (χ1) is 8.04. The second kappa shape index (κ2) is 6.10. The summed E-state index contributed by atoms with van der Waals surface area (Å²) in [5.41, 5.74) is 0.168. The number of aliphatic hydroxyl groups excluding tert-OH is 2. The molecule has 0 aliphatic carbocycles. The number of rotatable bonds is 6. The van der Waals surface area contributed by atoms with Crippen molar-refractivity contribution in [1.82, 2.24) is 0 Å². The van der Waals surface area contributed by atoms with Crippen molar-refractivity contribution in [2.75, 3.05) is 32.2 Å². The van der Waals surface area contributed by atoms with E-state index >= 15 is 0 Å². The van der Waals surface area contributed by atoms with E-state index in [4.69, 9.17) is 16.3 Å². The fourth-order valence-corrected chi connectivity index (χ4v) is 1.46. The van der Waals surface area contributed by atoms with Gasteiger partial charge in [-0.25, -0.2) is 0 Å². The first-order valence-electron chi connectivity index (χ1n) is 5.34. The molecule has 0 saturated carbocycles. The highest BCUT2D eigenvalue weighted by Crippen LogP contribution is 2.28. The molecule has 17 heavy (non-hydrogen) atoms. The molecule has 0 aromatic heterocycles. The summed E-state index contributed by atoms with van der Waals surface area (Å²) in [4.78, 5) is 0. The van der Waals surface area contributed by atoms with E-state index in [2.05, 4.69) is 5.32 Å². The maximum atomic E-state index is 9.19. The summed E-state index contributed by atoms with van der Waals surface area (Å²) in [6.07, 6.45) is 0. The third-order valence-corrected chi connectivity index (χ3v) is 2.87. The van der Waals surface area contributed by atoms with Crippen LogP contribution < -0.4 is 10.1 Å². The Labute approximate surface area is 106 Å².